The second-order valence-corrected chi connectivity index (χ2v) is 4.84. The van der Waals surface area contributed by atoms with Gasteiger partial charge in [-0.1, -0.05) is 6.92 Å². The lowest BCUT2D eigenvalue weighted by Crippen LogP contribution is -2.53. The number of amides is 1. The summed E-state index contributed by atoms with van der Waals surface area (Å²) in [5.41, 5.74) is 0.352. The Morgan fingerprint density at radius 3 is 3.35 bits per heavy atom. The number of aromatic amines is 1. The zero-order valence-electron chi connectivity index (χ0n) is 21.5. The number of hydrogen-bond donors (Lipinski definition) is 1. The fourth-order valence-electron chi connectivity index (χ4n) is 2.27. The van der Waals surface area contributed by atoms with Crippen molar-refractivity contribution < 1.29 is 17.1 Å². The van der Waals surface area contributed by atoms with E-state index in [0.29, 0.717) is 11.0 Å². The lowest BCUT2D eigenvalue weighted by atomic mass is 9.92. The van der Waals surface area contributed by atoms with Crippen LogP contribution in [-0.2, 0) is 4.79 Å². The van der Waals surface area contributed by atoms with Gasteiger partial charge in [0.15, 0.2) is 0 Å². The minimum atomic E-state index is -3.38. The Labute approximate surface area is 147 Å². The highest BCUT2D eigenvalue weighted by atomic mass is 16.2. The Balaban J connectivity index is 2.30. The predicted octanol–water partition coefficient (Wildman–Crippen LogP) is 1.55. The van der Waals surface area contributed by atoms with Gasteiger partial charge in [0.2, 0.25) is 0 Å². The highest BCUT2D eigenvalue weighted by Crippen LogP contribution is 2.28. The topological polar surface area (TPSA) is 69.5 Å². The van der Waals surface area contributed by atoms with E-state index in [1.165, 1.54) is 13.2 Å². The number of nitrogens with zero attached hydrogens (tertiary/aromatic N) is 5. The van der Waals surface area contributed by atoms with Crippen LogP contribution in [0.2, 0.25) is 0 Å². The Hall–Kier alpha value is -2.62. The smallest absolute Gasteiger partial charge is 0.302 e. The van der Waals surface area contributed by atoms with Crippen LogP contribution in [0.25, 0.3) is 15.9 Å². The summed E-state index contributed by atoms with van der Waals surface area (Å²) in [5, 5.41) is 0.369. The maximum absolute atomic E-state index is 12.9. The molecule has 1 saturated heterocycles. The molecule has 0 bridgehead atoms. The van der Waals surface area contributed by atoms with Gasteiger partial charge in [0.05, 0.1) is 15.5 Å². The van der Waals surface area contributed by atoms with Crippen LogP contribution in [0.4, 0.5) is 5.82 Å². The first-order chi connectivity index (χ1) is 14.5. The molecular formula is C16H20N6O. The molecule has 0 unspecified atom stereocenters. The van der Waals surface area contributed by atoms with Gasteiger partial charge < -0.3 is 19.6 Å². The molecule has 2 aromatic rings. The lowest BCUT2D eigenvalue weighted by molar-refractivity contribution is -0.130. The normalized spacial score (nSPS) is 37.3. The van der Waals surface area contributed by atoms with E-state index in [4.69, 9.17) is 18.9 Å². The van der Waals surface area contributed by atoms with Gasteiger partial charge in [0.1, 0.15) is 20.5 Å². The third kappa shape index (κ3) is 2.84. The Morgan fingerprint density at radius 1 is 1.74 bits per heavy atom. The predicted molar refractivity (Wildman–Crippen MR) is 87.9 cm³/mol. The first-order valence-corrected chi connectivity index (χ1v) is 6.75. The molecule has 1 amide bonds. The van der Waals surface area contributed by atoms with E-state index in [9.17, 15) is 4.79 Å². The molecule has 2 aromatic heterocycles. The molecule has 0 aliphatic carbocycles. The van der Waals surface area contributed by atoms with Gasteiger partial charge in [0.25, 0.3) is 6.50 Å². The fraction of sp³-hybridized carbons (Fsp3) is 0.500. The van der Waals surface area contributed by atoms with Gasteiger partial charge in [-0.15, -0.1) is 0 Å². The third-order valence-electron chi connectivity index (χ3n) is 3.40. The molecular weight excluding hydrogens is 292 g/mol. The summed E-state index contributed by atoms with van der Waals surface area (Å²) in [7, 11) is 1.25. The van der Waals surface area contributed by atoms with Crippen molar-refractivity contribution in [2.45, 2.75) is 19.3 Å². The highest BCUT2D eigenvalue weighted by Gasteiger charge is 2.33. The molecule has 120 valence electrons. The number of piperidine rings is 1. The second-order valence-electron chi connectivity index (χ2n) is 4.84. The Bertz CT molecular complexity index is 1110. The van der Waals surface area contributed by atoms with E-state index in [-0.39, 0.29) is 10.7 Å². The van der Waals surface area contributed by atoms with Crippen LogP contribution in [0.3, 0.4) is 0 Å². The Kier molecular flexibility index (Phi) is 2.11. The van der Waals surface area contributed by atoms with Crippen LogP contribution < -0.4 is 4.90 Å². The molecule has 0 aromatic carbocycles. The molecule has 3 heterocycles. The number of aromatic nitrogens is 3. The molecule has 3 rings (SSSR count). The van der Waals surface area contributed by atoms with Crippen LogP contribution in [0.15, 0.2) is 18.6 Å². The first kappa shape index (κ1) is 7.77. The van der Waals surface area contributed by atoms with Crippen molar-refractivity contribution in [1.29, 1.82) is 0 Å². The summed E-state index contributed by atoms with van der Waals surface area (Å²) in [4.78, 5) is 27.0. The molecule has 7 heteroatoms. The molecule has 0 radical (unpaired) electrons. The van der Waals surface area contributed by atoms with Crippen LogP contribution in [0.5, 0.6) is 0 Å². The molecule has 1 aliphatic rings. The summed E-state index contributed by atoms with van der Waals surface area (Å²) < 4.78 is 74.9. The zero-order chi connectivity index (χ0) is 24.5. The number of carbonyl (C=O) groups is 1. The number of likely N-dealkylation sites (N-methyl/N-ethyl adjacent to an activating group) is 1. The van der Waals surface area contributed by atoms with Crippen molar-refractivity contribution in [2.75, 3.05) is 31.4 Å². The van der Waals surface area contributed by atoms with E-state index in [1.807, 2.05) is 0 Å². The largest absolute Gasteiger partial charge is 0.354 e. The average Bonchev–Trinajstić information content (AvgIpc) is 3.19. The minimum absolute atomic E-state index is 0.0147. The number of likely N-dealkylation sites (tertiary alicyclic amines) is 1. The fourth-order valence-corrected chi connectivity index (χ4v) is 2.27. The molecule has 0 saturated carbocycles. The van der Waals surface area contributed by atoms with Crippen LogP contribution in [0, 0.1) is 12.5 Å². The van der Waals surface area contributed by atoms with E-state index in [0.717, 1.165) is 18.2 Å². The third-order valence-corrected chi connectivity index (χ3v) is 3.40. The molecule has 23 heavy (non-hydrogen) atoms. The van der Waals surface area contributed by atoms with Crippen LogP contribution in [0.1, 0.15) is 25.6 Å². The summed E-state index contributed by atoms with van der Waals surface area (Å²) in [6.07, 6.45) is -0.345. The van der Waals surface area contributed by atoms with Crippen molar-refractivity contribution in [3.8, 4) is 0 Å². The van der Waals surface area contributed by atoms with Gasteiger partial charge in [-0.05, 0) is 18.4 Å². The summed E-state index contributed by atoms with van der Waals surface area (Å²) in [5.74, 6) is -3.60. The van der Waals surface area contributed by atoms with Gasteiger partial charge >= 0.3 is 5.91 Å². The lowest BCUT2D eigenvalue weighted by Gasteiger charge is -2.41. The number of H-pyrrole nitrogens is 1. The van der Waals surface area contributed by atoms with Crippen molar-refractivity contribution in [1.82, 2.24) is 19.9 Å². The van der Waals surface area contributed by atoms with Crippen molar-refractivity contribution in [3.05, 3.63) is 30.0 Å². The van der Waals surface area contributed by atoms with Crippen LogP contribution in [-0.4, -0.2) is 58.3 Å². The van der Waals surface area contributed by atoms with E-state index < -0.39 is 43.7 Å². The summed E-state index contributed by atoms with van der Waals surface area (Å²) in [6, 6.07) is -1.14. The quantitative estimate of drug-likeness (QED) is 0.871. The van der Waals surface area contributed by atoms with E-state index in [2.05, 4.69) is 19.8 Å². The molecule has 1 N–H and O–H groups in total. The maximum atomic E-state index is 12.9. The molecule has 1 fully saturated rings. The summed E-state index contributed by atoms with van der Waals surface area (Å²) in [6.45, 7) is -2.00. The van der Waals surface area contributed by atoms with Crippen molar-refractivity contribution >= 4 is 22.8 Å². The van der Waals surface area contributed by atoms with E-state index in [1.54, 1.807) is 6.07 Å². The first-order valence-electron chi connectivity index (χ1n) is 11.2. The number of anilines is 1. The van der Waals surface area contributed by atoms with Crippen LogP contribution >= 0.6 is 0 Å². The van der Waals surface area contributed by atoms with Gasteiger partial charge in [-0.3, -0.25) is 4.79 Å². The number of nitrogens with one attached hydrogen (secondary N) is 1. The maximum Gasteiger partial charge on any atom is 0.302 e. The summed E-state index contributed by atoms with van der Waals surface area (Å²) >= 11 is 0. The monoisotopic (exact) mass is 321 g/mol. The van der Waals surface area contributed by atoms with Gasteiger partial charge in [-0.2, -0.15) is 0 Å². The van der Waals surface area contributed by atoms with Gasteiger partial charge in [0, 0.05) is 31.7 Å². The van der Waals surface area contributed by atoms with E-state index >= 15 is 0 Å². The highest BCUT2D eigenvalue weighted by molar-refractivity contribution is 5.87. The van der Waals surface area contributed by atoms with Crippen molar-refractivity contribution in [3.63, 3.8) is 0 Å². The van der Waals surface area contributed by atoms with Crippen molar-refractivity contribution in [2.24, 2.45) is 5.92 Å². The molecule has 2 atom stereocenters. The molecule has 0 spiro atoms. The number of hydrogen-bond acceptors (Lipinski definition) is 4. The SMILES string of the molecule is [2H]C([2H])([N+]#[C-])C(=O)N1C([2H])([2H])C([2H])([2H])[C@@H](C)[C@@]([2H])(N(C)c2ncnc3[nH]ccc23)C1([2H])[2H]. The second kappa shape index (κ2) is 6.24. The standard InChI is InChI=1S/C16H20N6O/c1-11-5-7-22(14(23)8-17-2)9-13(11)21(3)16-12-4-6-18-15(12)19-10-20-16/h4,6,10-11,13H,5,7-9H2,1,3H3,(H,18,19,20)/t11-,13+/m1/s1/i5D2,7D2,8D2,9D2,13D. The molecule has 7 nitrogen and oxygen atoms in total. The number of rotatable bonds is 3. The minimum Gasteiger partial charge on any atom is -0.354 e. The Morgan fingerprint density at radius 2 is 2.57 bits per heavy atom. The average molecular weight is 321 g/mol. The number of fused-ring (bicyclic) bond motifs is 1. The molecule has 1 aliphatic heterocycles. The number of carbonyl (C=O) groups excluding carboxylic acids is 1. The zero-order valence-corrected chi connectivity index (χ0v) is 12.5. The van der Waals surface area contributed by atoms with Gasteiger partial charge in [-0.25, -0.2) is 16.5 Å².